The van der Waals surface area contributed by atoms with Gasteiger partial charge >= 0.3 is 0 Å². The van der Waals surface area contributed by atoms with Gasteiger partial charge in [-0.1, -0.05) is 27.7 Å². The van der Waals surface area contributed by atoms with Crippen molar-refractivity contribution in [3.63, 3.8) is 0 Å². The topological polar surface area (TPSA) is 374 Å². The molecule has 13 N–H and O–H groups in total. The molecule has 11 fully saturated rings. The molecule has 7 saturated heterocycles. The third-order valence-corrected chi connectivity index (χ3v) is 21.7. The fourth-order valence-electron chi connectivity index (χ4n) is 17.1. The van der Waals surface area contributed by atoms with Gasteiger partial charge in [0.1, 0.15) is 104 Å². The first-order valence-corrected chi connectivity index (χ1v) is 29.5. The zero-order valence-corrected chi connectivity index (χ0v) is 46.3. The van der Waals surface area contributed by atoms with Crippen molar-refractivity contribution in [2.75, 3.05) is 33.0 Å². The second kappa shape index (κ2) is 23.6. The molecule has 0 amide bonds. The van der Waals surface area contributed by atoms with Gasteiger partial charge in [0.05, 0.1) is 51.3 Å². The molecule has 0 aromatic rings. The van der Waals surface area contributed by atoms with Crippen molar-refractivity contribution in [2.24, 2.45) is 52.3 Å². The highest BCUT2D eigenvalue weighted by molar-refractivity contribution is 5.16. The molecule has 460 valence electrons. The minimum atomic E-state index is -1.97. The molecule has 0 aromatic heterocycles. The van der Waals surface area contributed by atoms with Gasteiger partial charge in [0.25, 0.3) is 0 Å². The van der Waals surface area contributed by atoms with Gasteiger partial charge in [-0.2, -0.15) is 0 Å². The maximum atomic E-state index is 11.6. The van der Waals surface area contributed by atoms with Crippen LogP contribution in [-0.2, 0) is 56.8 Å². The first-order chi connectivity index (χ1) is 38.0. The molecule has 0 radical (unpaired) electrons. The van der Waals surface area contributed by atoms with Crippen LogP contribution in [0.2, 0.25) is 0 Å². The van der Waals surface area contributed by atoms with Crippen LogP contribution >= 0.6 is 0 Å². The summed E-state index contributed by atoms with van der Waals surface area (Å²) in [6.07, 6.45) is -26.9. The normalized spacial score (nSPS) is 58.1. The molecule has 25 nitrogen and oxygen atoms in total. The lowest BCUT2D eigenvalue weighted by Crippen LogP contribution is -2.66. The van der Waals surface area contributed by atoms with E-state index in [2.05, 4.69) is 27.7 Å². The zero-order chi connectivity index (χ0) is 57.1. The Hall–Kier alpha value is -1.00. The van der Waals surface area contributed by atoms with E-state index in [9.17, 15) is 66.4 Å². The number of aliphatic hydroxyl groups is 13. The molecule has 7 aliphatic heterocycles. The maximum absolute atomic E-state index is 11.6. The van der Waals surface area contributed by atoms with Crippen LogP contribution in [0.1, 0.15) is 98.8 Å². The van der Waals surface area contributed by atoms with E-state index < -0.39 is 174 Å². The summed E-state index contributed by atoms with van der Waals surface area (Å²) in [6.45, 7) is 9.45. The van der Waals surface area contributed by atoms with Crippen molar-refractivity contribution < 1.29 is 123 Å². The van der Waals surface area contributed by atoms with Crippen LogP contribution in [0.25, 0.3) is 0 Å². The highest BCUT2D eigenvalue weighted by Crippen LogP contribution is 2.71. The predicted octanol–water partition coefficient (Wildman–Crippen LogP) is -2.78. The van der Waals surface area contributed by atoms with Crippen LogP contribution < -0.4 is 0 Å². The molecule has 7 heterocycles. The van der Waals surface area contributed by atoms with E-state index >= 15 is 0 Å². The fourth-order valence-corrected chi connectivity index (χ4v) is 17.1. The van der Waals surface area contributed by atoms with Gasteiger partial charge in [-0.25, -0.2) is 0 Å². The Balaban J connectivity index is 0.665. The van der Waals surface area contributed by atoms with Crippen molar-refractivity contribution in [3.05, 3.63) is 0 Å². The Morgan fingerprint density at radius 1 is 0.487 bits per heavy atom. The summed E-state index contributed by atoms with van der Waals surface area (Å²) in [4.78, 5) is 0. The first kappa shape index (κ1) is 60.7. The van der Waals surface area contributed by atoms with E-state index in [-0.39, 0.29) is 23.0 Å². The van der Waals surface area contributed by atoms with Crippen molar-refractivity contribution in [1.29, 1.82) is 0 Å². The number of aliphatic hydroxyl groups excluding tert-OH is 13. The molecule has 80 heavy (non-hydrogen) atoms. The lowest BCUT2D eigenvalue weighted by Gasteiger charge is -2.61. The minimum absolute atomic E-state index is 0.142. The molecule has 1 spiro atoms. The van der Waals surface area contributed by atoms with Crippen LogP contribution in [0.3, 0.4) is 0 Å². The summed E-state index contributed by atoms with van der Waals surface area (Å²) in [5.41, 5.74) is 0.367. The third kappa shape index (κ3) is 10.6. The van der Waals surface area contributed by atoms with Crippen LogP contribution in [0.4, 0.5) is 0 Å². The lowest BCUT2D eigenvalue weighted by atomic mass is 9.44. The largest absolute Gasteiger partial charge is 0.394 e. The van der Waals surface area contributed by atoms with Gasteiger partial charge in [-0.05, 0) is 111 Å². The standard InChI is InChI=1S/C55H90O25/c1-21-8-13-55(71-18-21)22(2)34-30(80-55)15-28-26-7-6-24-14-25(9-11-53(24,4)27(26)10-12-54(28,34)5)73-50-42(66)38(62)45(23(3)72-50)77-52-44(68)47(37(61)31(16-56)74-52)79-49-41(65)36(60)33(20-70-49)76-51-43(67)39(63)46(32(17-57)75-51)78-48-40(64)35(59)29(58)19-69-48/h21-52,56-68H,6-20H2,1-5H3/t21-,22+,23-,24+,25+,26-,27+,28+,29-,30+,31-,32-,33-,34+,35+,36+,37-,38-,39-,40-,41-,42-,43-,44-,45-,46-,47+,48+,49+,50+,51+,52+,53+,54+,55-/m1/s1. The number of ether oxygens (including phenoxy) is 12. The summed E-state index contributed by atoms with van der Waals surface area (Å²) in [5, 5.41) is 141. The maximum Gasteiger partial charge on any atom is 0.187 e. The van der Waals surface area contributed by atoms with Gasteiger partial charge in [0.15, 0.2) is 37.2 Å². The average Bonchev–Trinajstić information content (AvgIpc) is 4.13. The Labute approximate surface area is 465 Å². The predicted molar refractivity (Wildman–Crippen MR) is 267 cm³/mol. The smallest absolute Gasteiger partial charge is 0.187 e. The quantitative estimate of drug-likeness (QED) is 0.0879. The van der Waals surface area contributed by atoms with Gasteiger partial charge in [0, 0.05) is 12.3 Å². The van der Waals surface area contributed by atoms with Gasteiger partial charge < -0.3 is 123 Å². The third-order valence-electron chi connectivity index (χ3n) is 21.7. The summed E-state index contributed by atoms with van der Waals surface area (Å²) >= 11 is 0. The van der Waals surface area contributed by atoms with E-state index in [0.717, 1.165) is 58.0 Å². The van der Waals surface area contributed by atoms with Gasteiger partial charge in [-0.3, -0.25) is 0 Å². The molecule has 4 saturated carbocycles. The molecule has 35 atom stereocenters. The monoisotopic (exact) mass is 1150 g/mol. The van der Waals surface area contributed by atoms with Crippen LogP contribution in [0, 0.1) is 52.3 Å². The molecular weight excluding hydrogens is 1060 g/mol. The molecule has 25 heteroatoms. The zero-order valence-electron chi connectivity index (χ0n) is 46.3. The second-order valence-corrected chi connectivity index (χ2v) is 26.2. The molecule has 11 aliphatic rings. The van der Waals surface area contributed by atoms with Crippen molar-refractivity contribution >= 4 is 0 Å². The molecular formula is C55H90O25. The highest BCUT2D eigenvalue weighted by Gasteiger charge is 2.69. The Bertz CT molecular complexity index is 2070. The lowest BCUT2D eigenvalue weighted by molar-refractivity contribution is -0.383. The average molecular weight is 1150 g/mol. The molecule has 0 aromatic carbocycles. The van der Waals surface area contributed by atoms with E-state index in [1.807, 2.05) is 0 Å². The summed E-state index contributed by atoms with van der Waals surface area (Å²) in [5.74, 6) is 3.28. The molecule has 0 bridgehead atoms. The molecule has 11 rings (SSSR count). The van der Waals surface area contributed by atoms with E-state index in [4.69, 9.17) is 56.8 Å². The molecule has 4 aliphatic carbocycles. The van der Waals surface area contributed by atoms with Crippen molar-refractivity contribution in [1.82, 2.24) is 0 Å². The SMILES string of the molecule is C[C@@H]1CC[C@@]2(OC1)O[C@H]1C[C@H]3[C@@H]4CC[C@H]5C[C@@H](O[C@@H]6O[C@H](C)[C@@H](O[C@@H]7O[C@H](CO)[C@@H](O)[C@H](O[C@@H]8OC[C@@H](O[C@@H]9O[C@H](CO)[C@@H](O[C@@H]%10OC[C@@H](O)[C@H](O)[C@H]%10O)[C@H](O)[C@H]9O)[C@H](O)[C@H]8O)[C@H]7O)[C@H](O)[C@H]6O)CC[C@]5(C)[C@H]4CC[C@]3(C)[C@H]1[C@@H]2C. The first-order valence-electron chi connectivity index (χ1n) is 29.5. The number of fused-ring (bicyclic) bond motifs is 7. The van der Waals surface area contributed by atoms with Crippen molar-refractivity contribution in [3.8, 4) is 0 Å². The fraction of sp³-hybridized carbons (Fsp3) is 1.00. The summed E-state index contributed by atoms with van der Waals surface area (Å²) < 4.78 is 71.8. The Kier molecular flexibility index (Phi) is 17.9. The van der Waals surface area contributed by atoms with Crippen molar-refractivity contribution in [2.45, 2.75) is 258 Å². The summed E-state index contributed by atoms with van der Waals surface area (Å²) in [6, 6.07) is 0. The Morgan fingerprint density at radius 2 is 1.10 bits per heavy atom. The number of rotatable bonds is 12. The van der Waals surface area contributed by atoms with Gasteiger partial charge in [0.2, 0.25) is 0 Å². The van der Waals surface area contributed by atoms with Crippen LogP contribution in [0.5, 0.6) is 0 Å². The van der Waals surface area contributed by atoms with E-state index in [1.54, 1.807) is 6.92 Å². The molecule has 0 unspecified atom stereocenters. The van der Waals surface area contributed by atoms with E-state index in [0.29, 0.717) is 41.4 Å². The van der Waals surface area contributed by atoms with Crippen LogP contribution in [-0.4, -0.2) is 259 Å². The highest BCUT2D eigenvalue weighted by atomic mass is 16.8. The summed E-state index contributed by atoms with van der Waals surface area (Å²) in [7, 11) is 0. The number of hydrogen-bond donors (Lipinski definition) is 13. The van der Waals surface area contributed by atoms with Crippen LogP contribution in [0.15, 0.2) is 0 Å². The van der Waals surface area contributed by atoms with Gasteiger partial charge in [-0.15, -0.1) is 0 Å². The minimum Gasteiger partial charge on any atom is -0.394 e. The Morgan fingerprint density at radius 3 is 1.80 bits per heavy atom. The van der Waals surface area contributed by atoms with E-state index in [1.165, 1.54) is 12.8 Å². The number of hydrogen-bond acceptors (Lipinski definition) is 25. The second-order valence-electron chi connectivity index (χ2n) is 26.2.